The van der Waals surface area contributed by atoms with Crippen LogP contribution >= 0.6 is 0 Å². The van der Waals surface area contributed by atoms with Gasteiger partial charge in [0.2, 0.25) is 0 Å². The monoisotopic (exact) mass is 464 g/mol. The Morgan fingerprint density at radius 2 is 1.88 bits per heavy atom. The molecule has 2 atom stereocenters. The van der Waals surface area contributed by atoms with Gasteiger partial charge in [-0.1, -0.05) is 33.4 Å². The summed E-state index contributed by atoms with van der Waals surface area (Å²) >= 11 is 0. The lowest BCUT2D eigenvalue weighted by molar-refractivity contribution is 0.100. The van der Waals surface area contributed by atoms with E-state index >= 15 is 0 Å². The number of hydrogen-bond acceptors (Lipinski definition) is 6. The van der Waals surface area contributed by atoms with Crippen molar-refractivity contribution in [1.29, 1.82) is 0 Å². The number of nitrogens with two attached hydrogens (primary N) is 1. The third kappa shape index (κ3) is 6.43. The van der Waals surface area contributed by atoms with Crippen molar-refractivity contribution >= 4 is 34.1 Å². The average Bonchev–Trinajstić information content (AvgIpc) is 2.74. The van der Waals surface area contributed by atoms with E-state index in [1.54, 1.807) is 6.20 Å². The molecule has 0 saturated heterocycles. The second-order valence-corrected chi connectivity index (χ2v) is 9.82. The van der Waals surface area contributed by atoms with Crippen molar-refractivity contribution in [2.75, 3.05) is 10.6 Å². The molecule has 7 nitrogen and oxygen atoms in total. The minimum absolute atomic E-state index is 0.0255. The number of fused-ring (bicyclic) bond motifs is 1. The SMILES string of the molecule is C=C(CC(C)(C)C)N[C@@H](C)C(C)Nc1nc(Nc2ccc3ncccc3c2)c(C(N)=O)cc1F. The number of allylic oxidation sites excluding steroid dienone is 1. The zero-order valence-corrected chi connectivity index (χ0v) is 20.4. The molecule has 34 heavy (non-hydrogen) atoms. The first-order chi connectivity index (χ1) is 15.9. The molecular weight excluding hydrogens is 431 g/mol. The van der Waals surface area contributed by atoms with Gasteiger partial charge < -0.3 is 21.7 Å². The fraction of sp³-hybridized carbons (Fsp3) is 0.346. The number of amides is 1. The lowest BCUT2D eigenvalue weighted by atomic mass is 9.90. The topological polar surface area (TPSA) is 105 Å². The lowest BCUT2D eigenvalue weighted by Crippen LogP contribution is -2.40. The summed E-state index contributed by atoms with van der Waals surface area (Å²) in [6.45, 7) is 14.5. The van der Waals surface area contributed by atoms with Gasteiger partial charge in [0.25, 0.3) is 5.91 Å². The molecule has 0 fully saturated rings. The molecule has 3 aromatic rings. The molecule has 0 aliphatic carbocycles. The summed E-state index contributed by atoms with van der Waals surface area (Å²) < 4.78 is 14.8. The van der Waals surface area contributed by atoms with Crippen molar-refractivity contribution in [2.24, 2.45) is 11.1 Å². The molecular formula is C26H33FN6O. The van der Waals surface area contributed by atoms with Crippen LogP contribution in [0.25, 0.3) is 10.9 Å². The summed E-state index contributed by atoms with van der Waals surface area (Å²) in [5.41, 5.74) is 8.00. The summed E-state index contributed by atoms with van der Waals surface area (Å²) in [6.07, 6.45) is 2.54. The Bertz CT molecular complexity index is 1200. The molecule has 3 rings (SSSR count). The van der Waals surface area contributed by atoms with Crippen LogP contribution in [0, 0.1) is 11.2 Å². The number of hydrogen-bond donors (Lipinski definition) is 4. The van der Waals surface area contributed by atoms with Crippen molar-refractivity contribution in [3.63, 3.8) is 0 Å². The van der Waals surface area contributed by atoms with Crippen LogP contribution in [-0.4, -0.2) is 28.0 Å². The highest BCUT2D eigenvalue weighted by Gasteiger charge is 2.21. The Morgan fingerprint density at radius 1 is 1.15 bits per heavy atom. The fourth-order valence-corrected chi connectivity index (χ4v) is 3.64. The van der Waals surface area contributed by atoms with E-state index in [0.717, 1.165) is 29.1 Å². The van der Waals surface area contributed by atoms with Gasteiger partial charge in [-0.25, -0.2) is 9.37 Å². The number of rotatable bonds is 9. The van der Waals surface area contributed by atoms with E-state index in [1.165, 1.54) is 0 Å². The summed E-state index contributed by atoms with van der Waals surface area (Å²) in [6, 6.07) is 10.2. The molecule has 1 amide bonds. The molecule has 2 heterocycles. The van der Waals surface area contributed by atoms with E-state index in [4.69, 9.17) is 5.73 Å². The molecule has 8 heteroatoms. The first-order valence-corrected chi connectivity index (χ1v) is 11.3. The largest absolute Gasteiger partial charge is 0.384 e. The second-order valence-electron chi connectivity index (χ2n) is 9.82. The van der Waals surface area contributed by atoms with Crippen molar-refractivity contribution in [3.05, 3.63) is 66.3 Å². The normalized spacial score (nSPS) is 13.2. The van der Waals surface area contributed by atoms with Gasteiger partial charge in [-0.05, 0) is 56.0 Å². The summed E-state index contributed by atoms with van der Waals surface area (Å²) in [5, 5.41) is 10.5. The Balaban J connectivity index is 1.82. The third-order valence-corrected chi connectivity index (χ3v) is 5.40. The molecule has 0 aliphatic rings. The lowest BCUT2D eigenvalue weighted by Gasteiger charge is -2.28. The standard InChI is InChI=1S/C26H33FN6O/c1-15(14-26(4,5)6)30-16(2)17(3)31-25-21(27)13-20(23(28)34)24(33-25)32-19-9-10-22-18(12-19)8-7-11-29-22/h7-13,16-17,30H,1,14H2,2-6H3,(H2,28,34)(H2,31,32,33)/t16-,17?/m0/s1. The highest BCUT2D eigenvalue weighted by atomic mass is 19.1. The van der Waals surface area contributed by atoms with Crippen LogP contribution in [0.1, 0.15) is 51.4 Å². The number of carbonyl (C=O) groups is 1. The van der Waals surface area contributed by atoms with Crippen molar-refractivity contribution in [3.8, 4) is 0 Å². The Morgan fingerprint density at radius 3 is 2.56 bits per heavy atom. The van der Waals surface area contributed by atoms with E-state index in [-0.39, 0.29) is 34.7 Å². The summed E-state index contributed by atoms with van der Waals surface area (Å²) in [7, 11) is 0. The second kappa shape index (κ2) is 10.1. The predicted octanol–water partition coefficient (Wildman–Crippen LogP) is 5.34. The Hall–Kier alpha value is -3.68. The van der Waals surface area contributed by atoms with Gasteiger partial charge in [0, 0.05) is 35.1 Å². The number of pyridine rings is 2. The maximum Gasteiger partial charge on any atom is 0.252 e. The summed E-state index contributed by atoms with van der Waals surface area (Å²) in [4.78, 5) is 20.6. The van der Waals surface area contributed by atoms with E-state index in [0.29, 0.717) is 5.69 Å². The van der Waals surface area contributed by atoms with Crippen LogP contribution in [0.3, 0.4) is 0 Å². The first-order valence-electron chi connectivity index (χ1n) is 11.3. The fourth-order valence-electron chi connectivity index (χ4n) is 3.64. The molecule has 2 aromatic heterocycles. The van der Waals surface area contributed by atoms with Gasteiger partial charge in [-0.2, -0.15) is 0 Å². The van der Waals surface area contributed by atoms with Gasteiger partial charge in [0.15, 0.2) is 11.6 Å². The van der Waals surface area contributed by atoms with E-state index < -0.39 is 11.7 Å². The number of halogens is 1. The van der Waals surface area contributed by atoms with Crippen LogP contribution in [0.4, 0.5) is 21.7 Å². The van der Waals surface area contributed by atoms with Gasteiger partial charge in [-0.3, -0.25) is 9.78 Å². The number of nitrogens with zero attached hydrogens (tertiary/aromatic N) is 2. The highest BCUT2D eigenvalue weighted by Crippen LogP contribution is 2.26. The number of aromatic nitrogens is 2. The quantitative estimate of drug-likeness (QED) is 0.341. The van der Waals surface area contributed by atoms with E-state index in [2.05, 4.69) is 53.3 Å². The average molecular weight is 465 g/mol. The van der Waals surface area contributed by atoms with Crippen molar-refractivity contribution in [2.45, 2.75) is 53.1 Å². The maximum absolute atomic E-state index is 14.8. The number of anilines is 3. The predicted molar refractivity (Wildman–Crippen MR) is 137 cm³/mol. The molecule has 0 aliphatic heterocycles. The van der Waals surface area contributed by atoms with Crippen molar-refractivity contribution < 1.29 is 9.18 Å². The molecule has 1 unspecified atom stereocenters. The van der Waals surface area contributed by atoms with Crippen LogP contribution in [0.5, 0.6) is 0 Å². The summed E-state index contributed by atoms with van der Waals surface area (Å²) in [5.74, 6) is -1.23. The van der Waals surface area contributed by atoms with Crippen LogP contribution in [0.2, 0.25) is 0 Å². The van der Waals surface area contributed by atoms with E-state index in [9.17, 15) is 9.18 Å². The van der Waals surface area contributed by atoms with Gasteiger partial charge in [-0.15, -0.1) is 0 Å². The molecule has 0 bridgehead atoms. The smallest absolute Gasteiger partial charge is 0.252 e. The minimum atomic E-state index is -0.774. The molecule has 0 radical (unpaired) electrons. The number of primary amides is 1. The Kier molecular flexibility index (Phi) is 7.39. The van der Waals surface area contributed by atoms with Gasteiger partial charge >= 0.3 is 0 Å². The van der Waals surface area contributed by atoms with E-state index in [1.807, 2.05) is 44.2 Å². The molecule has 5 N–H and O–H groups in total. The molecule has 180 valence electrons. The van der Waals surface area contributed by atoms with Crippen LogP contribution < -0.4 is 21.7 Å². The minimum Gasteiger partial charge on any atom is -0.384 e. The number of benzene rings is 1. The zero-order valence-electron chi connectivity index (χ0n) is 20.4. The van der Waals surface area contributed by atoms with Crippen LogP contribution in [0.15, 0.2) is 54.9 Å². The zero-order chi connectivity index (χ0) is 25.0. The van der Waals surface area contributed by atoms with Crippen molar-refractivity contribution in [1.82, 2.24) is 15.3 Å². The van der Waals surface area contributed by atoms with Crippen LogP contribution in [-0.2, 0) is 0 Å². The number of nitrogens with one attached hydrogen (secondary N) is 3. The van der Waals surface area contributed by atoms with Gasteiger partial charge in [0.05, 0.1) is 11.1 Å². The third-order valence-electron chi connectivity index (χ3n) is 5.40. The first kappa shape index (κ1) is 25.0. The molecule has 0 spiro atoms. The maximum atomic E-state index is 14.8. The Labute approximate surface area is 200 Å². The number of carbonyl (C=O) groups excluding carboxylic acids is 1. The highest BCUT2D eigenvalue weighted by molar-refractivity contribution is 5.99. The van der Waals surface area contributed by atoms with Gasteiger partial charge in [0.1, 0.15) is 5.82 Å². The molecule has 1 aromatic carbocycles. The molecule has 0 saturated carbocycles.